The maximum atomic E-state index is 5.25. The SMILES string of the molecule is CCOCCc1ncc(CC)s1. The maximum Gasteiger partial charge on any atom is 0.0950 e. The van der Waals surface area contributed by atoms with E-state index in [4.69, 9.17) is 4.74 Å². The minimum absolute atomic E-state index is 0.798. The summed E-state index contributed by atoms with van der Waals surface area (Å²) in [5.74, 6) is 0. The van der Waals surface area contributed by atoms with Crippen LogP contribution in [0, 0.1) is 0 Å². The van der Waals surface area contributed by atoms with Gasteiger partial charge < -0.3 is 4.74 Å². The molecule has 0 aliphatic heterocycles. The summed E-state index contributed by atoms with van der Waals surface area (Å²) >= 11 is 1.79. The molecule has 0 unspecified atom stereocenters. The van der Waals surface area contributed by atoms with Gasteiger partial charge in [-0.05, 0) is 13.3 Å². The van der Waals surface area contributed by atoms with Crippen LogP contribution in [-0.4, -0.2) is 18.2 Å². The lowest BCUT2D eigenvalue weighted by atomic mass is 10.4. The van der Waals surface area contributed by atoms with Crippen molar-refractivity contribution in [2.24, 2.45) is 0 Å². The quantitative estimate of drug-likeness (QED) is 0.657. The van der Waals surface area contributed by atoms with Gasteiger partial charge in [0.2, 0.25) is 0 Å². The topological polar surface area (TPSA) is 22.1 Å². The highest BCUT2D eigenvalue weighted by Crippen LogP contribution is 2.13. The summed E-state index contributed by atoms with van der Waals surface area (Å²) in [5.41, 5.74) is 0. The van der Waals surface area contributed by atoms with Gasteiger partial charge in [-0.2, -0.15) is 0 Å². The Labute approximate surface area is 77.6 Å². The van der Waals surface area contributed by atoms with Crippen molar-refractivity contribution in [3.8, 4) is 0 Å². The summed E-state index contributed by atoms with van der Waals surface area (Å²) in [6, 6.07) is 0. The van der Waals surface area contributed by atoms with E-state index in [9.17, 15) is 0 Å². The molecule has 1 rings (SSSR count). The van der Waals surface area contributed by atoms with Gasteiger partial charge in [0.05, 0.1) is 11.6 Å². The molecule has 0 saturated heterocycles. The van der Waals surface area contributed by atoms with Gasteiger partial charge in [0.1, 0.15) is 0 Å². The van der Waals surface area contributed by atoms with Crippen LogP contribution in [0.25, 0.3) is 0 Å². The summed E-state index contributed by atoms with van der Waals surface area (Å²) in [4.78, 5) is 5.66. The number of hydrogen-bond acceptors (Lipinski definition) is 3. The van der Waals surface area contributed by atoms with Crippen LogP contribution in [0.2, 0.25) is 0 Å². The minimum Gasteiger partial charge on any atom is -0.381 e. The number of thiazole rings is 1. The fraction of sp³-hybridized carbons (Fsp3) is 0.667. The van der Waals surface area contributed by atoms with Crippen LogP contribution < -0.4 is 0 Å². The first-order valence-electron chi connectivity index (χ1n) is 4.38. The van der Waals surface area contributed by atoms with Crippen molar-refractivity contribution in [2.45, 2.75) is 26.7 Å². The first-order chi connectivity index (χ1) is 5.86. The van der Waals surface area contributed by atoms with E-state index in [1.807, 2.05) is 13.1 Å². The molecule has 0 bridgehead atoms. The average Bonchev–Trinajstić information content (AvgIpc) is 2.53. The summed E-state index contributed by atoms with van der Waals surface area (Å²) < 4.78 is 5.25. The second-order valence-corrected chi connectivity index (χ2v) is 3.72. The third-order valence-electron chi connectivity index (χ3n) is 1.61. The summed E-state index contributed by atoms with van der Waals surface area (Å²) in [5, 5.41) is 1.19. The molecule has 0 aliphatic carbocycles. The van der Waals surface area contributed by atoms with Crippen molar-refractivity contribution in [3.05, 3.63) is 16.1 Å². The normalized spacial score (nSPS) is 10.5. The average molecular weight is 185 g/mol. The lowest BCUT2D eigenvalue weighted by Gasteiger charge is -1.96. The molecule has 1 aromatic heterocycles. The number of rotatable bonds is 5. The number of aromatic nitrogens is 1. The van der Waals surface area contributed by atoms with Crippen LogP contribution in [0.4, 0.5) is 0 Å². The first kappa shape index (κ1) is 9.68. The third kappa shape index (κ3) is 2.91. The Morgan fingerprint density at radius 1 is 1.50 bits per heavy atom. The van der Waals surface area contributed by atoms with Crippen LogP contribution in [0.3, 0.4) is 0 Å². The molecule has 0 N–H and O–H groups in total. The second-order valence-electron chi connectivity index (χ2n) is 2.52. The van der Waals surface area contributed by atoms with E-state index in [1.165, 1.54) is 9.88 Å². The molecule has 0 saturated carbocycles. The number of hydrogen-bond donors (Lipinski definition) is 0. The molecule has 2 nitrogen and oxygen atoms in total. The Morgan fingerprint density at radius 3 is 2.92 bits per heavy atom. The molecule has 1 heterocycles. The molecule has 3 heteroatoms. The molecule has 1 aromatic rings. The number of nitrogens with zero attached hydrogens (tertiary/aromatic N) is 1. The van der Waals surface area contributed by atoms with E-state index in [0.717, 1.165) is 26.1 Å². The molecule has 0 fully saturated rings. The standard InChI is InChI=1S/C9H15NOS/c1-3-8-7-10-9(12-8)5-6-11-4-2/h7H,3-6H2,1-2H3. The zero-order valence-electron chi connectivity index (χ0n) is 7.67. The molecule has 68 valence electrons. The zero-order valence-corrected chi connectivity index (χ0v) is 8.49. The Balaban J connectivity index is 2.31. The summed E-state index contributed by atoms with van der Waals surface area (Å²) in [6.07, 6.45) is 4.01. The molecule has 0 aromatic carbocycles. The highest BCUT2D eigenvalue weighted by molar-refractivity contribution is 7.11. The lowest BCUT2D eigenvalue weighted by Crippen LogP contribution is -1.96. The minimum atomic E-state index is 0.798. The van der Waals surface area contributed by atoms with Crippen LogP contribution in [0.5, 0.6) is 0 Å². The van der Waals surface area contributed by atoms with Gasteiger partial charge in [-0.3, -0.25) is 0 Å². The fourth-order valence-corrected chi connectivity index (χ4v) is 1.77. The molecular formula is C9H15NOS. The van der Waals surface area contributed by atoms with Crippen LogP contribution >= 0.6 is 11.3 Å². The molecule has 0 radical (unpaired) electrons. The van der Waals surface area contributed by atoms with Crippen LogP contribution in [0.15, 0.2) is 6.20 Å². The lowest BCUT2D eigenvalue weighted by molar-refractivity contribution is 0.151. The van der Waals surface area contributed by atoms with Crippen molar-refractivity contribution in [1.82, 2.24) is 4.98 Å². The number of aryl methyl sites for hydroxylation is 1. The van der Waals surface area contributed by atoms with E-state index in [-0.39, 0.29) is 0 Å². The molecule has 12 heavy (non-hydrogen) atoms. The van der Waals surface area contributed by atoms with Gasteiger partial charge in [0, 0.05) is 24.1 Å². The number of ether oxygens (including phenoxy) is 1. The summed E-state index contributed by atoms with van der Waals surface area (Å²) in [6.45, 7) is 5.76. The largest absolute Gasteiger partial charge is 0.381 e. The van der Waals surface area contributed by atoms with E-state index >= 15 is 0 Å². The zero-order chi connectivity index (χ0) is 8.81. The van der Waals surface area contributed by atoms with Gasteiger partial charge in [-0.1, -0.05) is 6.92 Å². The monoisotopic (exact) mass is 185 g/mol. The Bertz CT molecular complexity index is 222. The predicted molar refractivity (Wildman–Crippen MR) is 51.7 cm³/mol. The van der Waals surface area contributed by atoms with E-state index in [1.54, 1.807) is 11.3 Å². The van der Waals surface area contributed by atoms with Gasteiger partial charge in [0.15, 0.2) is 0 Å². The molecular weight excluding hydrogens is 170 g/mol. The Hall–Kier alpha value is -0.410. The van der Waals surface area contributed by atoms with Crippen LogP contribution in [-0.2, 0) is 17.6 Å². The summed E-state index contributed by atoms with van der Waals surface area (Å²) in [7, 11) is 0. The molecule has 0 aliphatic rings. The highest BCUT2D eigenvalue weighted by Gasteiger charge is 1.99. The highest BCUT2D eigenvalue weighted by atomic mass is 32.1. The van der Waals surface area contributed by atoms with Crippen molar-refractivity contribution in [1.29, 1.82) is 0 Å². The van der Waals surface area contributed by atoms with E-state index < -0.39 is 0 Å². The molecule has 0 atom stereocenters. The van der Waals surface area contributed by atoms with Crippen molar-refractivity contribution in [2.75, 3.05) is 13.2 Å². The predicted octanol–water partition coefficient (Wildman–Crippen LogP) is 2.28. The van der Waals surface area contributed by atoms with Gasteiger partial charge >= 0.3 is 0 Å². The van der Waals surface area contributed by atoms with Gasteiger partial charge in [-0.15, -0.1) is 11.3 Å². The molecule has 0 amide bonds. The fourth-order valence-electron chi connectivity index (χ4n) is 0.931. The molecule has 0 spiro atoms. The van der Waals surface area contributed by atoms with Gasteiger partial charge in [-0.25, -0.2) is 4.98 Å². The van der Waals surface area contributed by atoms with Crippen molar-refractivity contribution >= 4 is 11.3 Å². The maximum absolute atomic E-state index is 5.25. The van der Waals surface area contributed by atoms with Crippen molar-refractivity contribution < 1.29 is 4.74 Å². The van der Waals surface area contributed by atoms with E-state index in [2.05, 4.69) is 11.9 Å². The van der Waals surface area contributed by atoms with Gasteiger partial charge in [0.25, 0.3) is 0 Å². The van der Waals surface area contributed by atoms with Crippen molar-refractivity contribution in [3.63, 3.8) is 0 Å². The van der Waals surface area contributed by atoms with Crippen LogP contribution in [0.1, 0.15) is 23.7 Å². The smallest absolute Gasteiger partial charge is 0.0950 e. The Kier molecular flexibility index (Phi) is 4.25. The first-order valence-corrected chi connectivity index (χ1v) is 5.19. The van der Waals surface area contributed by atoms with E-state index in [0.29, 0.717) is 0 Å². The Morgan fingerprint density at radius 2 is 2.33 bits per heavy atom. The second kappa shape index (κ2) is 5.27. The third-order valence-corrected chi connectivity index (χ3v) is 2.82.